The Morgan fingerprint density at radius 1 is 1.15 bits per heavy atom. The van der Waals surface area contributed by atoms with Crippen LogP contribution in [0.3, 0.4) is 0 Å². The predicted octanol–water partition coefficient (Wildman–Crippen LogP) is 3.56. The maximum Gasteiger partial charge on any atom is 0.248 e. The number of rotatable bonds is 7. The molecular formula is C18H22BrN3O4S. The molecule has 3 rings (SSSR count). The number of amides is 1. The first kappa shape index (κ1) is 21.2. The third-order valence-electron chi connectivity index (χ3n) is 4.04. The summed E-state index contributed by atoms with van der Waals surface area (Å²) in [6.07, 6.45) is 1.08. The minimum atomic E-state index is 0. The Hall–Kier alpha value is -2.13. The summed E-state index contributed by atoms with van der Waals surface area (Å²) in [6.45, 7) is 2.40. The molecule has 7 nitrogen and oxygen atoms in total. The van der Waals surface area contributed by atoms with Crippen LogP contribution in [0.1, 0.15) is 18.4 Å². The van der Waals surface area contributed by atoms with E-state index in [-0.39, 0.29) is 22.9 Å². The standard InChI is InChI=1S/C18H21N3O4S.BrH/c1-11-7-17(22)21(20-11)6-5-16-19-13(10-26-16)12-8-14(23-2)18(25-4)15(9-12)24-3;/h8-10H,5-7H2,1-4H3;1H. The topological polar surface area (TPSA) is 73.2 Å². The number of halogens is 1. The molecule has 1 aliphatic heterocycles. The molecule has 2 aromatic rings. The summed E-state index contributed by atoms with van der Waals surface area (Å²) in [5.74, 6) is 1.77. The Balaban J connectivity index is 0.00000261. The lowest BCUT2D eigenvalue weighted by molar-refractivity contribution is -0.128. The van der Waals surface area contributed by atoms with E-state index in [1.165, 1.54) is 5.01 Å². The van der Waals surface area contributed by atoms with Gasteiger partial charge in [0.15, 0.2) is 11.5 Å². The summed E-state index contributed by atoms with van der Waals surface area (Å²) >= 11 is 1.56. The van der Waals surface area contributed by atoms with Crippen LogP contribution >= 0.6 is 28.3 Å². The first-order valence-electron chi connectivity index (χ1n) is 8.15. The van der Waals surface area contributed by atoms with Gasteiger partial charge in [-0.25, -0.2) is 9.99 Å². The smallest absolute Gasteiger partial charge is 0.248 e. The number of ether oxygens (including phenoxy) is 3. The van der Waals surface area contributed by atoms with Gasteiger partial charge in [-0.15, -0.1) is 28.3 Å². The van der Waals surface area contributed by atoms with Crippen LogP contribution < -0.4 is 14.2 Å². The van der Waals surface area contributed by atoms with Crippen molar-refractivity contribution >= 4 is 39.9 Å². The van der Waals surface area contributed by atoms with Crippen molar-refractivity contribution in [2.75, 3.05) is 27.9 Å². The minimum Gasteiger partial charge on any atom is -0.493 e. The zero-order valence-corrected chi connectivity index (χ0v) is 18.2. The first-order chi connectivity index (χ1) is 12.5. The van der Waals surface area contributed by atoms with Gasteiger partial charge in [0.05, 0.1) is 45.0 Å². The van der Waals surface area contributed by atoms with Gasteiger partial charge in [0.1, 0.15) is 0 Å². The maximum atomic E-state index is 11.8. The molecule has 146 valence electrons. The Morgan fingerprint density at radius 2 is 1.81 bits per heavy atom. The Morgan fingerprint density at radius 3 is 2.33 bits per heavy atom. The molecule has 0 unspecified atom stereocenters. The molecule has 0 bridgehead atoms. The van der Waals surface area contributed by atoms with Crippen molar-refractivity contribution in [1.29, 1.82) is 0 Å². The van der Waals surface area contributed by atoms with Gasteiger partial charge in [-0.05, 0) is 19.1 Å². The van der Waals surface area contributed by atoms with Crippen LogP contribution in [-0.4, -0.2) is 49.5 Å². The van der Waals surface area contributed by atoms with Crippen molar-refractivity contribution in [2.45, 2.75) is 19.8 Å². The highest BCUT2D eigenvalue weighted by Crippen LogP contribution is 2.41. The van der Waals surface area contributed by atoms with E-state index in [1.807, 2.05) is 24.4 Å². The Labute approximate surface area is 172 Å². The molecule has 2 heterocycles. The number of carbonyl (C=O) groups is 1. The molecule has 1 aliphatic rings. The van der Waals surface area contributed by atoms with Gasteiger partial charge >= 0.3 is 0 Å². The lowest BCUT2D eigenvalue weighted by atomic mass is 10.1. The van der Waals surface area contributed by atoms with E-state index in [2.05, 4.69) is 10.1 Å². The van der Waals surface area contributed by atoms with Crippen LogP contribution in [0.5, 0.6) is 17.2 Å². The molecule has 0 aliphatic carbocycles. The molecule has 0 atom stereocenters. The zero-order chi connectivity index (χ0) is 18.7. The van der Waals surface area contributed by atoms with Gasteiger partial charge in [-0.1, -0.05) is 0 Å². The van der Waals surface area contributed by atoms with Gasteiger partial charge in [-0.3, -0.25) is 4.79 Å². The number of carbonyl (C=O) groups excluding carboxylic acids is 1. The van der Waals surface area contributed by atoms with E-state index in [9.17, 15) is 4.79 Å². The summed E-state index contributed by atoms with van der Waals surface area (Å²) in [4.78, 5) is 16.5. The molecule has 0 saturated carbocycles. The Bertz CT molecular complexity index is 828. The molecule has 9 heteroatoms. The van der Waals surface area contributed by atoms with Gasteiger partial charge < -0.3 is 14.2 Å². The van der Waals surface area contributed by atoms with Crippen LogP contribution in [0.4, 0.5) is 0 Å². The van der Waals surface area contributed by atoms with Crippen LogP contribution in [0.25, 0.3) is 11.3 Å². The van der Waals surface area contributed by atoms with E-state index in [4.69, 9.17) is 14.2 Å². The second-order valence-corrected chi connectivity index (χ2v) is 6.76. The number of aromatic nitrogens is 1. The summed E-state index contributed by atoms with van der Waals surface area (Å²) < 4.78 is 16.1. The van der Waals surface area contributed by atoms with Crippen molar-refractivity contribution in [1.82, 2.24) is 9.99 Å². The number of nitrogens with zero attached hydrogens (tertiary/aromatic N) is 3. The molecule has 0 N–H and O–H groups in total. The average Bonchev–Trinajstić information content (AvgIpc) is 3.24. The Kier molecular flexibility index (Phi) is 7.20. The highest BCUT2D eigenvalue weighted by molar-refractivity contribution is 8.93. The molecule has 27 heavy (non-hydrogen) atoms. The SMILES string of the molecule is Br.COc1cc(-c2csc(CCN3N=C(C)CC3=O)n2)cc(OC)c1OC. The highest BCUT2D eigenvalue weighted by atomic mass is 79.9. The number of methoxy groups -OCH3 is 3. The molecule has 0 fully saturated rings. The van der Waals surface area contributed by atoms with Crippen LogP contribution in [0, 0.1) is 0 Å². The molecule has 1 aromatic heterocycles. The lowest BCUT2D eigenvalue weighted by Crippen LogP contribution is -2.23. The molecule has 1 amide bonds. The van der Waals surface area contributed by atoms with E-state index in [0.29, 0.717) is 36.6 Å². The van der Waals surface area contributed by atoms with Crippen LogP contribution in [-0.2, 0) is 11.2 Å². The summed E-state index contributed by atoms with van der Waals surface area (Å²) in [6, 6.07) is 3.75. The van der Waals surface area contributed by atoms with Crippen molar-refractivity contribution in [3.05, 3.63) is 22.5 Å². The summed E-state index contributed by atoms with van der Waals surface area (Å²) in [7, 11) is 4.75. The van der Waals surface area contributed by atoms with Gasteiger partial charge in [-0.2, -0.15) is 5.10 Å². The number of hydrazone groups is 1. The van der Waals surface area contributed by atoms with Crippen molar-refractivity contribution < 1.29 is 19.0 Å². The van der Waals surface area contributed by atoms with Gasteiger partial charge in [0.25, 0.3) is 0 Å². The quantitative estimate of drug-likeness (QED) is 0.637. The second-order valence-electron chi connectivity index (χ2n) is 5.82. The number of hydrogen-bond donors (Lipinski definition) is 0. The van der Waals surface area contributed by atoms with Crippen LogP contribution in [0.2, 0.25) is 0 Å². The third kappa shape index (κ3) is 4.59. The monoisotopic (exact) mass is 455 g/mol. The number of hydrogen-bond acceptors (Lipinski definition) is 7. The molecule has 0 spiro atoms. The van der Waals surface area contributed by atoms with E-state index >= 15 is 0 Å². The molecule has 1 aromatic carbocycles. The van der Waals surface area contributed by atoms with E-state index in [0.717, 1.165) is 22.0 Å². The highest BCUT2D eigenvalue weighted by Gasteiger charge is 2.21. The van der Waals surface area contributed by atoms with Gasteiger partial charge in [0.2, 0.25) is 11.7 Å². The minimum absolute atomic E-state index is 0. The van der Waals surface area contributed by atoms with Crippen molar-refractivity contribution in [2.24, 2.45) is 5.10 Å². The van der Waals surface area contributed by atoms with Crippen molar-refractivity contribution in [3.63, 3.8) is 0 Å². The fourth-order valence-corrected chi connectivity index (χ4v) is 3.57. The lowest BCUT2D eigenvalue weighted by Gasteiger charge is -2.13. The summed E-state index contributed by atoms with van der Waals surface area (Å²) in [5, 5.41) is 8.70. The zero-order valence-electron chi connectivity index (χ0n) is 15.6. The molecule has 0 radical (unpaired) electrons. The fourth-order valence-electron chi connectivity index (χ4n) is 2.77. The second kappa shape index (κ2) is 9.18. The maximum absolute atomic E-state index is 11.8. The van der Waals surface area contributed by atoms with Crippen molar-refractivity contribution in [3.8, 4) is 28.5 Å². The predicted molar refractivity (Wildman–Crippen MR) is 111 cm³/mol. The normalized spacial score (nSPS) is 13.3. The fraction of sp³-hybridized carbons (Fsp3) is 0.389. The van der Waals surface area contributed by atoms with E-state index in [1.54, 1.807) is 32.7 Å². The largest absolute Gasteiger partial charge is 0.493 e. The van der Waals surface area contributed by atoms with Gasteiger partial charge in [0, 0.05) is 23.1 Å². The van der Waals surface area contributed by atoms with E-state index < -0.39 is 0 Å². The number of thiazole rings is 1. The third-order valence-corrected chi connectivity index (χ3v) is 4.94. The molecule has 0 saturated heterocycles. The average molecular weight is 456 g/mol. The molecular weight excluding hydrogens is 434 g/mol. The number of benzene rings is 1. The summed E-state index contributed by atoms with van der Waals surface area (Å²) in [5.41, 5.74) is 2.57. The first-order valence-corrected chi connectivity index (χ1v) is 9.03. The van der Waals surface area contributed by atoms with Crippen LogP contribution in [0.15, 0.2) is 22.6 Å².